The Morgan fingerprint density at radius 2 is 1.72 bits per heavy atom. The number of anilines is 2. The molecule has 0 saturated heterocycles. The molecule has 0 aliphatic heterocycles. The minimum absolute atomic E-state index is 0.0493. The molecule has 134 valence electrons. The molecule has 0 radical (unpaired) electrons. The van der Waals surface area contributed by atoms with Gasteiger partial charge in [-0.3, -0.25) is 0 Å². The van der Waals surface area contributed by atoms with Crippen molar-refractivity contribution in [2.24, 2.45) is 5.92 Å². The Morgan fingerprint density at radius 3 is 2.36 bits per heavy atom. The summed E-state index contributed by atoms with van der Waals surface area (Å²) in [6, 6.07) is 3.42. The third kappa shape index (κ3) is 3.45. The average Bonchev–Trinajstić information content (AvgIpc) is 3.42. The van der Waals surface area contributed by atoms with Gasteiger partial charge in [0.25, 0.3) is 0 Å². The molecule has 1 aliphatic rings. The largest absolute Gasteiger partial charge is 0.494 e. The van der Waals surface area contributed by atoms with E-state index in [1.165, 1.54) is 13.2 Å². The average molecular weight is 352 g/mol. The van der Waals surface area contributed by atoms with E-state index in [1.807, 2.05) is 0 Å². The molecule has 25 heavy (non-hydrogen) atoms. The zero-order chi connectivity index (χ0) is 18.1. The van der Waals surface area contributed by atoms with Crippen molar-refractivity contribution in [3.8, 4) is 11.5 Å². The molecule has 0 aromatic heterocycles. The van der Waals surface area contributed by atoms with Crippen molar-refractivity contribution in [3.63, 3.8) is 0 Å². The highest BCUT2D eigenvalue weighted by Crippen LogP contribution is 2.37. The van der Waals surface area contributed by atoms with Crippen LogP contribution in [0, 0.1) is 23.4 Å². The second-order valence-electron chi connectivity index (χ2n) is 6.14. The standard InChI is InChI=1S/C18H19F3N2O2/c1-24-15-7-13(20)17(22)11(18(15)23)6-10-14(25-8-9-2-3-9)5-4-12(19)16(10)21/h4-5,7,9H,2-3,6,8,22-23H2,1H3. The molecule has 7 heteroatoms. The molecule has 4 nitrogen and oxygen atoms in total. The Labute approximate surface area is 143 Å². The molecule has 0 heterocycles. The van der Waals surface area contributed by atoms with E-state index in [2.05, 4.69) is 0 Å². The lowest BCUT2D eigenvalue weighted by atomic mass is 9.99. The lowest BCUT2D eigenvalue weighted by molar-refractivity contribution is 0.294. The molecule has 0 amide bonds. The number of hydrogen-bond donors (Lipinski definition) is 2. The number of methoxy groups -OCH3 is 1. The van der Waals surface area contributed by atoms with E-state index >= 15 is 0 Å². The van der Waals surface area contributed by atoms with Gasteiger partial charge in [-0.1, -0.05) is 0 Å². The maximum Gasteiger partial charge on any atom is 0.166 e. The van der Waals surface area contributed by atoms with Crippen LogP contribution in [0.5, 0.6) is 11.5 Å². The summed E-state index contributed by atoms with van der Waals surface area (Å²) in [5.74, 6) is -2.10. The minimum atomic E-state index is -1.06. The van der Waals surface area contributed by atoms with Gasteiger partial charge >= 0.3 is 0 Å². The number of benzene rings is 2. The Kier molecular flexibility index (Phi) is 4.65. The maximum atomic E-state index is 14.4. The molecule has 2 aromatic carbocycles. The lowest BCUT2D eigenvalue weighted by Crippen LogP contribution is -2.10. The molecule has 1 saturated carbocycles. The minimum Gasteiger partial charge on any atom is -0.494 e. The summed E-state index contributed by atoms with van der Waals surface area (Å²) in [6.07, 6.45) is 1.90. The second-order valence-corrected chi connectivity index (χ2v) is 6.14. The molecular weight excluding hydrogens is 333 g/mol. The third-order valence-corrected chi connectivity index (χ3v) is 4.33. The summed E-state index contributed by atoms with van der Waals surface area (Å²) in [5.41, 5.74) is 11.7. The van der Waals surface area contributed by atoms with Gasteiger partial charge < -0.3 is 20.9 Å². The van der Waals surface area contributed by atoms with E-state index in [0.29, 0.717) is 12.5 Å². The second kappa shape index (κ2) is 6.74. The highest BCUT2D eigenvalue weighted by Gasteiger charge is 2.25. The van der Waals surface area contributed by atoms with Crippen LogP contribution < -0.4 is 20.9 Å². The van der Waals surface area contributed by atoms with Crippen molar-refractivity contribution in [2.75, 3.05) is 25.2 Å². The normalized spacial score (nSPS) is 13.8. The monoisotopic (exact) mass is 352 g/mol. The first-order valence-electron chi connectivity index (χ1n) is 7.92. The van der Waals surface area contributed by atoms with Crippen molar-refractivity contribution in [2.45, 2.75) is 19.3 Å². The quantitative estimate of drug-likeness (QED) is 0.779. The number of rotatable bonds is 6. The smallest absolute Gasteiger partial charge is 0.166 e. The predicted molar refractivity (Wildman–Crippen MR) is 89.2 cm³/mol. The first-order valence-corrected chi connectivity index (χ1v) is 7.92. The Hall–Kier alpha value is -2.57. The van der Waals surface area contributed by atoms with Gasteiger partial charge in [0.15, 0.2) is 11.6 Å². The van der Waals surface area contributed by atoms with Gasteiger partial charge in [-0.15, -0.1) is 0 Å². The van der Waals surface area contributed by atoms with Crippen LogP contribution in [0.25, 0.3) is 0 Å². The Morgan fingerprint density at radius 1 is 1.00 bits per heavy atom. The van der Waals surface area contributed by atoms with E-state index in [9.17, 15) is 13.2 Å². The highest BCUT2D eigenvalue weighted by molar-refractivity contribution is 5.70. The van der Waals surface area contributed by atoms with E-state index in [-0.39, 0.29) is 40.4 Å². The van der Waals surface area contributed by atoms with E-state index < -0.39 is 17.5 Å². The van der Waals surface area contributed by atoms with E-state index in [0.717, 1.165) is 25.0 Å². The number of nitrogen functional groups attached to an aromatic ring is 2. The molecule has 0 atom stereocenters. The van der Waals surface area contributed by atoms with Crippen LogP contribution >= 0.6 is 0 Å². The number of nitrogens with two attached hydrogens (primary N) is 2. The zero-order valence-electron chi connectivity index (χ0n) is 13.7. The van der Waals surface area contributed by atoms with Gasteiger partial charge in [0, 0.05) is 23.6 Å². The number of ether oxygens (including phenoxy) is 2. The highest BCUT2D eigenvalue weighted by atomic mass is 19.2. The number of halogens is 3. The fourth-order valence-electron chi connectivity index (χ4n) is 2.61. The van der Waals surface area contributed by atoms with Gasteiger partial charge in [0.05, 0.1) is 25.1 Å². The summed E-state index contributed by atoms with van der Waals surface area (Å²) in [6.45, 7) is 0.426. The van der Waals surface area contributed by atoms with Crippen LogP contribution in [0.15, 0.2) is 18.2 Å². The molecule has 0 bridgehead atoms. The summed E-state index contributed by atoms with van der Waals surface area (Å²) in [4.78, 5) is 0. The molecule has 1 fully saturated rings. The lowest BCUT2D eigenvalue weighted by Gasteiger charge is -2.17. The molecule has 4 N–H and O–H groups in total. The van der Waals surface area contributed by atoms with Gasteiger partial charge in [0.2, 0.25) is 0 Å². The van der Waals surface area contributed by atoms with Gasteiger partial charge in [-0.05, 0) is 30.9 Å². The summed E-state index contributed by atoms with van der Waals surface area (Å²) in [5, 5.41) is 0. The molecular formula is C18H19F3N2O2. The van der Waals surface area contributed by atoms with Crippen LogP contribution in [0.2, 0.25) is 0 Å². The summed E-state index contributed by atoms with van der Waals surface area (Å²) < 4.78 is 52.7. The fraction of sp³-hybridized carbons (Fsp3) is 0.333. The van der Waals surface area contributed by atoms with E-state index in [4.69, 9.17) is 20.9 Å². The van der Waals surface area contributed by atoms with Gasteiger partial charge in [-0.2, -0.15) is 0 Å². The fourth-order valence-corrected chi connectivity index (χ4v) is 2.61. The molecule has 0 spiro atoms. The summed E-state index contributed by atoms with van der Waals surface area (Å²) >= 11 is 0. The molecule has 1 aliphatic carbocycles. The van der Waals surface area contributed by atoms with Gasteiger partial charge in [-0.25, -0.2) is 13.2 Å². The third-order valence-electron chi connectivity index (χ3n) is 4.33. The number of hydrogen-bond acceptors (Lipinski definition) is 4. The van der Waals surface area contributed by atoms with Crippen LogP contribution in [-0.4, -0.2) is 13.7 Å². The molecule has 3 rings (SSSR count). The topological polar surface area (TPSA) is 70.5 Å². The first kappa shape index (κ1) is 17.3. The first-order chi connectivity index (χ1) is 11.9. The van der Waals surface area contributed by atoms with Crippen LogP contribution in [0.4, 0.5) is 24.5 Å². The van der Waals surface area contributed by atoms with Crippen molar-refractivity contribution in [1.29, 1.82) is 0 Å². The Balaban J connectivity index is 2.02. The predicted octanol–water partition coefficient (Wildman–Crippen LogP) is 3.66. The van der Waals surface area contributed by atoms with Crippen molar-refractivity contribution in [1.82, 2.24) is 0 Å². The van der Waals surface area contributed by atoms with Crippen molar-refractivity contribution in [3.05, 3.63) is 46.8 Å². The van der Waals surface area contributed by atoms with Crippen molar-refractivity contribution < 1.29 is 22.6 Å². The van der Waals surface area contributed by atoms with Crippen LogP contribution in [0.3, 0.4) is 0 Å². The zero-order valence-corrected chi connectivity index (χ0v) is 13.7. The molecule has 0 unspecified atom stereocenters. The van der Waals surface area contributed by atoms with Crippen LogP contribution in [-0.2, 0) is 6.42 Å². The van der Waals surface area contributed by atoms with Crippen molar-refractivity contribution >= 4 is 11.4 Å². The van der Waals surface area contributed by atoms with E-state index in [1.54, 1.807) is 0 Å². The Bertz CT molecular complexity index is 808. The SMILES string of the molecule is COc1cc(F)c(N)c(Cc2c(OCC3CC3)ccc(F)c2F)c1N. The summed E-state index contributed by atoms with van der Waals surface area (Å²) in [7, 11) is 1.33. The van der Waals surface area contributed by atoms with Gasteiger partial charge in [0.1, 0.15) is 17.3 Å². The van der Waals surface area contributed by atoms with Crippen LogP contribution in [0.1, 0.15) is 24.0 Å². The maximum absolute atomic E-state index is 14.4. The molecule has 2 aromatic rings.